The molecule has 1 N–H and O–H groups in total. The van der Waals surface area contributed by atoms with Crippen LogP contribution in [0.15, 0.2) is 48.8 Å². The molecular formula is C14H13NO2. The summed E-state index contributed by atoms with van der Waals surface area (Å²) in [4.78, 5) is 14.7. The minimum Gasteiger partial charge on any atom is -0.478 e. The molecule has 2 aromatic rings. The van der Waals surface area contributed by atoms with Crippen LogP contribution in [-0.2, 0) is 12.8 Å². The van der Waals surface area contributed by atoms with Gasteiger partial charge < -0.3 is 5.11 Å². The van der Waals surface area contributed by atoms with E-state index in [-0.39, 0.29) is 0 Å². The minimum absolute atomic E-state index is 0.331. The molecule has 0 saturated heterocycles. The van der Waals surface area contributed by atoms with Crippen molar-refractivity contribution in [3.05, 3.63) is 65.5 Å². The van der Waals surface area contributed by atoms with Crippen LogP contribution in [-0.4, -0.2) is 16.1 Å². The fourth-order valence-electron chi connectivity index (χ4n) is 1.65. The third kappa shape index (κ3) is 3.14. The zero-order valence-corrected chi connectivity index (χ0v) is 9.34. The Labute approximate surface area is 99.8 Å². The van der Waals surface area contributed by atoms with E-state index in [1.807, 2.05) is 24.3 Å². The van der Waals surface area contributed by atoms with Gasteiger partial charge in [0.15, 0.2) is 0 Å². The fraction of sp³-hybridized carbons (Fsp3) is 0.143. The zero-order valence-electron chi connectivity index (χ0n) is 9.34. The third-order valence-corrected chi connectivity index (χ3v) is 2.65. The normalized spacial score (nSPS) is 10.1. The van der Waals surface area contributed by atoms with Crippen LogP contribution >= 0.6 is 0 Å². The predicted octanol–water partition coefficient (Wildman–Crippen LogP) is 2.57. The van der Waals surface area contributed by atoms with Crippen molar-refractivity contribution in [3.8, 4) is 0 Å². The molecule has 0 bridgehead atoms. The zero-order chi connectivity index (χ0) is 12.1. The number of aromatic nitrogens is 1. The number of rotatable bonds is 4. The maximum Gasteiger partial charge on any atom is 0.335 e. The van der Waals surface area contributed by atoms with Crippen LogP contribution in [0.2, 0.25) is 0 Å². The summed E-state index contributed by atoms with van der Waals surface area (Å²) < 4.78 is 0. The summed E-state index contributed by atoms with van der Waals surface area (Å²) in [6.07, 6.45) is 5.41. The summed E-state index contributed by atoms with van der Waals surface area (Å²) in [6.45, 7) is 0. The Morgan fingerprint density at radius 3 is 2.00 bits per heavy atom. The van der Waals surface area contributed by atoms with Gasteiger partial charge in [0.25, 0.3) is 0 Å². The molecular weight excluding hydrogens is 214 g/mol. The molecule has 0 fully saturated rings. The summed E-state index contributed by atoms with van der Waals surface area (Å²) in [7, 11) is 0. The molecule has 0 radical (unpaired) electrons. The van der Waals surface area contributed by atoms with E-state index in [1.54, 1.807) is 24.5 Å². The molecule has 17 heavy (non-hydrogen) atoms. The second-order valence-electron chi connectivity index (χ2n) is 3.86. The smallest absolute Gasteiger partial charge is 0.335 e. The van der Waals surface area contributed by atoms with Crippen LogP contribution in [0.3, 0.4) is 0 Å². The second-order valence-corrected chi connectivity index (χ2v) is 3.86. The fourth-order valence-corrected chi connectivity index (χ4v) is 1.65. The first-order valence-electron chi connectivity index (χ1n) is 5.47. The van der Waals surface area contributed by atoms with Crippen LogP contribution < -0.4 is 0 Å². The topological polar surface area (TPSA) is 50.2 Å². The lowest BCUT2D eigenvalue weighted by atomic mass is 10.0. The van der Waals surface area contributed by atoms with E-state index in [2.05, 4.69) is 4.98 Å². The van der Waals surface area contributed by atoms with E-state index in [0.717, 1.165) is 18.4 Å². The number of hydrogen-bond donors (Lipinski definition) is 1. The molecule has 0 saturated carbocycles. The van der Waals surface area contributed by atoms with Crippen molar-refractivity contribution in [2.45, 2.75) is 12.8 Å². The van der Waals surface area contributed by atoms with Crippen LogP contribution in [0.1, 0.15) is 21.5 Å². The first kappa shape index (κ1) is 11.3. The number of hydrogen-bond acceptors (Lipinski definition) is 2. The lowest BCUT2D eigenvalue weighted by molar-refractivity contribution is 0.0697. The van der Waals surface area contributed by atoms with Crippen molar-refractivity contribution < 1.29 is 9.90 Å². The Kier molecular flexibility index (Phi) is 3.50. The number of carboxylic acid groups (broad SMARTS) is 1. The Balaban J connectivity index is 1.98. The highest BCUT2D eigenvalue weighted by atomic mass is 16.4. The van der Waals surface area contributed by atoms with Crippen LogP contribution in [0.25, 0.3) is 0 Å². The molecule has 1 heterocycles. The quantitative estimate of drug-likeness (QED) is 0.873. The standard InChI is InChI=1S/C14H13NO2/c16-14(17)13-5-3-11(4-6-13)1-2-12-7-9-15-10-8-12/h3-10H,1-2H2,(H,16,17). The summed E-state index contributed by atoms with van der Waals surface area (Å²) in [5.74, 6) is -0.884. The van der Waals surface area contributed by atoms with E-state index < -0.39 is 5.97 Å². The molecule has 86 valence electrons. The monoisotopic (exact) mass is 227 g/mol. The predicted molar refractivity (Wildman–Crippen MR) is 65.0 cm³/mol. The average Bonchev–Trinajstić information content (AvgIpc) is 2.38. The summed E-state index contributed by atoms with van der Waals surface area (Å²) >= 11 is 0. The molecule has 0 atom stereocenters. The van der Waals surface area contributed by atoms with Crippen molar-refractivity contribution >= 4 is 5.97 Å². The third-order valence-electron chi connectivity index (χ3n) is 2.65. The van der Waals surface area contributed by atoms with Crippen molar-refractivity contribution in [3.63, 3.8) is 0 Å². The van der Waals surface area contributed by atoms with Gasteiger partial charge in [0.05, 0.1) is 5.56 Å². The van der Waals surface area contributed by atoms with Crippen LogP contribution in [0.4, 0.5) is 0 Å². The lowest BCUT2D eigenvalue weighted by Gasteiger charge is -2.02. The number of pyridine rings is 1. The molecule has 1 aromatic heterocycles. The van der Waals surface area contributed by atoms with Gasteiger partial charge in [0.1, 0.15) is 0 Å². The van der Waals surface area contributed by atoms with E-state index in [4.69, 9.17) is 5.11 Å². The summed E-state index contributed by atoms with van der Waals surface area (Å²) in [5, 5.41) is 8.78. The highest BCUT2D eigenvalue weighted by molar-refractivity contribution is 5.87. The molecule has 0 amide bonds. The lowest BCUT2D eigenvalue weighted by Crippen LogP contribution is -1.97. The molecule has 1 aromatic carbocycles. The molecule has 3 nitrogen and oxygen atoms in total. The highest BCUT2D eigenvalue weighted by Gasteiger charge is 2.01. The number of aryl methyl sites for hydroxylation is 2. The van der Waals surface area contributed by atoms with Crippen LogP contribution in [0, 0.1) is 0 Å². The summed E-state index contributed by atoms with van der Waals surface area (Å²) in [6, 6.07) is 11.0. The molecule has 3 heteroatoms. The number of carboxylic acids is 1. The highest BCUT2D eigenvalue weighted by Crippen LogP contribution is 2.08. The number of benzene rings is 1. The maximum absolute atomic E-state index is 10.7. The first-order valence-corrected chi connectivity index (χ1v) is 5.47. The van der Waals surface area contributed by atoms with Gasteiger partial charge in [-0.15, -0.1) is 0 Å². The van der Waals surface area contributed by atoms with Gasteiger partial charge in [-0.2, -0.15) is 0 Å². The number of aromatic carboxylic acids is 1. The molecule has 0 aliphatic heterocycles. The minimum atomic E-state index is -0.884. The van der Waals surface area contributed by atoms with E-state index in [0.29, 0.717) is 5.56 Å². The van der Waals surface area contributed by atoms with E-state index >= 15 is 0 Å². The first-order chi connectivity index (χ1) is 8.25. The van der Waals surface area contributed by atoms with Crippen LogP contribution in [0.5, 0.6) is 0 Å². The Bertz CT molecular complexity index is 491. The van der Waals surface area contributed by atoms with Crippen molar-refractivity contribution in [2.24, 2.45) is 0 Å². The molecule has 2 rings (SSSR count). The largest absolute Gasteiger partial charge is 0.478 e. The molecule has 0 spiro atoms. The Morgan fingerprint density at radius 2 is 1.47 bits per heavy atom. The average molecular weight is 227 g/mol. The molecule has 0 aliphatic carbocycles. The van der Waals surface area contributed by atoms with Gasteiger partial charge in [-0.25, -0.2) is 4.79 Å². The van der Waals surface area contributed by atoms with Gasteiger partial charge >= 0.3 is 5.97 Å². The van der Waals surface area contributed by atoms with E-state index in [9.17, 15) is 4.79 Å². The molecule has 0 aliphatic rings. The maximum atomic E-state index is 10.7. The van der Waals surface area contributed by atoms with Crippen molar-refractivity contribution in [1.29, 1.82) is 0 Å². The Morgan fingerprint density at radius 1 is 0.941 bits per heavy atom. The number of nitrogens with zero attached hydrogens (tertiary/aromatic N) is 1. The van der Waals surface area contributed by atoms with E-state index in [1.165, 1.54) is 5.56 Å². The van der Waals surface area contributed by atoms with Gasteiger partial charge in [-0.3, -0.25) is 4.98 Å². The second kappa shape index (κ2) is 5.25. The number of carbonyl (C=O) groups is 1. The van der Waals surface area contributed by atoms with Crippen molar-refractivity contribution in [2.75, 3.05) is 0 Å². The Hall–Kier alpha value is -2.16. The van der Waals surface area contributed by atoms with Crippen molar-refractivity contribution in [1.82, 2.24) is 4.98 Å². The SMILES string of the molecule is O=C(O)c1ccc(CCc2ccncc2)cc1. The summed E-state index contributed by atoms with van der Waals surface area (Å²) in [5.41, 5.74) is 2.71. The van der Waals surface area contributed by atoms with Gasteiger partial charge in [0.2, 0.25) is 0 Å². The van der Waals surface area contributed by atoms with Gasteiger partial charge in [0, 0.05) is 12.4 Å². The van der Waals surface area contributed by atoms with Gasteiger partial charge in [-0.05, 0) is 48.2 Å². The molecule has 0 unspecified atom stereocenters. The van der Waals surface area contributed by atoms with Gasteiger partial charge in [-0.1, -0.05) is 12.1 Å².